The Labute approximate surface area is 144 Å². The van der Waals surface area contributed by atoms with Crippen molar-refractivity contribution in [3.63, 3.8) is 0 Å². The molecule has 0 spiro atoms. The smallest absolute Gasteiger partial charge is 0.338 e. The molecule has 0 amide bonds. The van der Waals surface area contributed by atoms with Crippen molar-refractivity contribution in [1.82, 2.24) is 9.88 Å². The van der Waals surface area contributed by atoms with Crippen molar-refractivity contribution < 1.29 is 23.5 Å². The molecule has 1 aromatic carbocycles. The van der Waals surface area contributed by atoms with Gasteiger partial charge in [-0.05, 0) is 44.5 Å². The quantitative estimate of drug-likeness (QED) is 0.860. The van der Waals surface area contributed by atoms with Crippen LogP contribution in [-0.2, 0) is 19.8 Å². The number of ether oxygens (including phenoxy) is 2. The third-order valence-corrected chi connectivity index (χ3v) is 5.03. The number of aromatic amines is 1. The van der Waals surface area contributed by atoms with E-state index in [-0.39, 0.29) is 18.1 Å². The summed E-state index contributed by atoms with van der Waals surface area (Å²) >= 11 is 0. The van der Waals surface area contributed by atoms with Crippen LogP contribution in [0, 0.1) is 5.82 Å². The van der Waals surface area contributed by atoms with E-state index < -0.39 is 17.3 Å². The van der Waals surface area contributed by atoms with Gasteiger partial charge in [-0.2, -0.15) is 0 Å². The Balaban J connectivity index is 2.06. The van der Waals surface area contributed by atoms with Gasteiger partial charge < -0.3 is 14.5 Å². The maximum absolute atomic E-state index is 13.9. The molecular weight excluding hydrogens is 327 g/mol. The summed E-state index contributed by atoms with van der Waals surface area (Å²) in [4.78, 5) is 28.9. The molecule has 6 nitrogen and oxygen atoms in total. The SMILES string of the molecule is COC(=O)CN1CCCC1(C)c1cc2c(C(=O)OC)cc(F)cc2[nH]1. The lowest BCUT2D eigenvalue weighted by molar-refractivity contribution is -0.143. The van der Waals surface area contributed by atoms with E-state index in [1.54, 1.807) is 0 Å². The van der Waals surface area contributed by atoms with Gasteiger partial charge in [0.05, 0.1) is 31.9 Å². The Kier molecular flexibility index (Phi) is 4.51. The number of nitrogens with zero attached hydrogens (tertiary/aromatic N) is 1. The predicted octanol–water partition coefficient (Wildman–Crippen LogP) is 2.58. The van der Waals surface area contributed by atoms with Crippen molar-refractivity contribution in [2.75, 3.05) is 27.3 Å². The molecule has 1 fully saturated rings. The van der Waals surface area contributed by atoms with Crippen molar-refractivity contribution in [2.45, 2.75) is 25.3 Å². The molecule has 0 radical (unpaired) electrons. The number of hydrogen-bond donors (Lipinski definition) is 1. The molecule has 1 aromatic heterocycles. The fourth-order valence-electron chi connectivity index (χ4n) is 3.57. The Morgan fingerprint density at radius 2 is 2.04 bits per heavy atom. The zero-order chi connectivity index (χ0) is 18.2. The van der Waals surface area contributed by atoms with Gasteiger partial charge in [0.15, 0.2) is 0 Å². The molecule has 0 bridgehead atoms. The van der Waals surface area contributed by atoms with Gasteiger partial charge in [0.1, 0.15) is 5.82 Å². The molecule has 2 heterocycles. The fraction of sp³-hybridized carbons (Fsp3) is 0.444. The Bertz CT molecular complexity index is 832. The topological polar surface area (TPSA) is 71.6 Å². The summed E-state index contributed by atoms with van der Waals surface area (Å²) in [5, 5.41) is 0.606. The molecule has 25 heavy (non-hydrogen) atoms. The number of aromatic nitrogens is 1. The maximum Gasteiger partial charge on any atom is 0.338 e. The molecular formula is C18H21FN2O4. The molecule has 1 unspecified atom stereocenters. The molecule has 1 saturated heterocycles. The van der Waals surface area contributed by atoms with Crippen LogP contribution in [0.5, 0.6) is 0 Å². The number of fused-ring (bicyclic) bond motifs is 1. The summed E-state index contributed by atoms with van der Waals surface area (Å²) in [5.41, 5.74) is 1.12. The van der Waals surface area contributed by atoms with Crippen molar-refractivity contribution in [3.05, 3.63) is 35.3 Å². The van der Waals surface area contributed by atoms with Gasteiger partial charge in [-0.15, -0.1) is 0 Å². The highest BCUT2D eigenvalue weighted by atomic mass is 19.1. The Morgan fingerprint density at radius 1 is 1.28 bits per heavy atom. The number of rotatable bonds is 4. The van der Waals surface area contributed by atoms with Gasteiger partial charge in [0, 0.05) is 16.6 Å². The van der Waals surface area contributed by atoms with Gasteiger partial charge >= 0.3 is 11.9 Å². The average Bonchev–Trinajstić information content (AvgIpc) is 3.18. The third kappa shape index (κ3) is 3.00. The molecule has 3 rings (SSSR count). The molecule has 1 aliphatic heterocycles. The number of methoxy groups -OCH3 is 2. The van der Waals surface area contributed by atoms with Crippen LogP contribution in [0.1, 0.15) is 35.8 Å². The number of carbonyl (C=O) groups excluding carboxylic acids is 2. The number of nitrogens with one attached hydrogen (secondary N) is 1. The third-order valence-electron chi connectivity index (χ3n) is 5.03. The first-order chi connectivity index (χ1) is 11.9. The minimum Gasteiger partial charge on any atom is -0.468 e. The van der Waals surface area contributed by atoms with Crippen LogP contribution in [-0.4, -0.2) is 49.1 Å². The van der Waals surface area contributed by atoms with E-state index in [9.17, 15) is 14.0 Å². The minimum atomic E-state index is -0.585. The Hall–Kier alpha value is -2.41. The number of carbonyl (C=O) groups is 2. The highest BCUT2D eigenvalue weighted by Crippen LogP contribution is 2.39. The molecule has 134 valence electrons. The van der Waals surface area contributed by atoms with E-state index in [0.29, 0.717) is 10.9 Å². The first kappa shape index (κ1) is 17.4. The highest BCUT2D eigenvalue weighted by molar-refractivity contribution is 6.04. The molecule has 1 N–H and O–H groups in total. The lowest BCUT2D eigenvalue weighted by Crippen LogP contribution is -2.42. The van der Waals surface area contributed by atoms with E-state index in [2.05, 4.69) is 4.98 Å². The van der Waals surface area contributed by atoms with E-state index in [4.69, 9.17) is 9.47 Å². The molecule has 1 aliphatic rings. The zero-order valence-corrected chi connectivity index (χ0v) is 14.5. The van der Waals surface area contributed by atoms with Crippen molar-refractivity contribution in [1.29, 1.82) is 0 Å². The molecule has 0 aliphatic carbocycles. The lowest BCUT2D eigenvalue weighted by atomic mass is 9.94. The van der Waals surface area contributed by atoms with Gasteiger partial charge in [-0.3, -0.25) is 9.69 Å². The predicted molar refractivity (Wildman–Crippen MR) is 89.8 cm³/mol. The number of halogens is 1. The number of benzene rings is 1. The summed E-state index contributed by atoms with van der Waals surface area (Å²) in [6, 6.07) is 4.37. The van der Waals surface area contributed by atoms with E-state index >= 15 is 0 Å². The normalized spacial score (nSPS) is 20.8. The summed E-state index contributed by atoms with van der Waals surface area (Å²) in [6.45, 7) is 2.97. The first-order valence-corrected chi connectivity index (χ1v) is 8.12. The second-order valence-electron chi connectivity index (χ2n) is 6.46. The van der Waals surface area contributed by atoms with Gasteiger partial charge in [0.25, 0.3) is 0 Å². The van der Waals surface area contributed by atoms with Crippen LogP contribution in [0.2, 0.25) is 0 Å². The monoisotopic (exact) mass is 348 g/mol. The van der Waals surface area contributed by atoms with Gasteiger partial charge in [-0.25, -0.2) is 9.18 Å². The second kappa shape index (κ2) is 6.48. The lowest BCUT2D eigenvalue weighted by Gasteiger charge is -2.33. The first-order valence-electron chi connectivity index (χ1n) is 8.12. The second-order valence-corrected chi connectivity index (χ2v) is 6.46. The maximum atomic E-state index is 13.9. The van der Waals surface area contributed by atoms with Crippen LogP contribution in [0.15, 0.2) is 18.2 Å². The molecule has 0 saturated carbocycles. The molecule has 2 aromatic rings. The standard InChI is InChI=1S/C18H21FN2O4/c1-18(5-4-6-21(18)10-16(22)24-2)15-9-12-13(17(23)25-3)7-11(19)8-14(12)20-15/h7-9,20H,4-6,10H2,1-3H3. The summed E-state index contributed by atoms with van der Waals surface area (Å²) in [7, 11) is 2.63. The minimum absolute atomic E-state index is 0.181. The number of hydrogen-bond acceptors (Lipinski definition) is 5. The Morgan fingerprint density at radius 3 is 2.72 bits per heavy atom. The summed E-state index contributed by atoms with van der Waals surface area (Å²) in [5.74, 6) is -1.40. The summed E-state index contributed by atoms with van der Waals surface area (Å²) in [6.07, 6.45) is 1.77. The van der Waals surface area contributed by atoms with E-state index in [0.717, 1.165) is 25.1 Å². The van der Waals surface area contributed by atoms with Crippen LogP contribution in [0.4, 0.5) is 4.39 Å². The molecule has 1 atom stereocenters. The summed E-state index contributed by atoms with van der Waals surface area (Å²) < 4.78 is 23.4. The van der Waals surface area contributed by atoms with E-state index in [1.807, 2.05) is 17.9 Å². The zero-order valence-electron chi connectivity index (χ0n) is 14.5. The van der Waals surface area contributed by atoms with Crippen LogP contribution in [0.25, 0.3) is 10.9 Å². The van der Waals surface area contributed by atoms with Crippen molar-refractivity contribution in [3.8, 4) is 0 Å². The van der Waals surface area contributed by atoms with Crippen LogP contribution < -0.4 is 0 Å². The van der Waals surface area contributed by atoms with Crippen molar-refractivity contribution in [2.24, 2.45) is 0 Å². The fourth-order valence-corrected chi connectivity index (χ4v) is 3.57. The van der Waals surface area contributed by atoms with Gasteiger partial charge in [0.2, 0.25) is 0 Å². The van der Waals surface area contributed by atoms with Crippen LogP contribution >= 0.6 is 0 Å². The van der Waals surface area contributed by atoms with Gasteiger partial charge in [-0.1, -0.05) is 0 Å². The highest BCUT2D eigenvalue weighted by Gasteiger charge is 2.40. The van der Waals surface area contributed by atoms with Crippen molar-refractivity contribution >= 4 is 22.8 Å². The molecule has 7 heteroatoms. The van der Waals surface area contributed by atoms with E-state index in [1.165, 1.54) is 26.4 Å². The average molecular weight is 348 g/mol. The number of esters is 2. The van der Waals surface area contributed by atoms with Crippen LogP contribution in [0.3, 0.4) is 0 Å². The number of likely N-dealkylation sites (tertiary alicyclic amines) is 1. The largest absolute Gasteiger partial charge is 0.468 e. The number of H-pyrrole nitrogens is 1.